The summed E-state index contributed by atoms with van der Waals surface area (Å²) in [5.41, 5.74) is 4.93. The number of nitrogens with zero attached hydrogens (tertiary/aromatic N) is 3. The molecule has 0 fully saturated rings. The quantitative estimate of drug-likeness (QED) is 0.365. The molecule has 5 rings (SSSR count). The lowest BCUT2D eigenvalue weighted by molar-refractivity contribution is 0.284. The van der Waals surface area contributed by atoms with Crippen molar-refractivity contribution >= 4 is 22.4 Å². The standard InChI is InChI=1S/C27H23N3O3S/c1-17-8-10-19(11-9-17)16-33-22-13-12-20(14-23(22)32-3)15-24-26(31)30-25(28-29-27(30)34-24)21-7-5-4-6-18(21)2/h4-15H,16H2,1-3H3/b24-15+. The van der Waals surface area contributed by atoms with Crippen LogP contribution in [0.1, 0.15) is 22.3 Å². The van der Waals surface area contributed by atoms with E-state index >= 15 is 0 Å². The van der Waals surface area contributed by atoms with Crippen LogP contribution in [0.2, 0.25) is 0 Å². The fourth-order valence-electron chi connectivity index (χ4n) is 3.75. The maximum atomic E-state index is 13.2. The van der Waals surface area contributed by atoms with E-state index in [1.54, 1.807) is 11.5 Å². The molecule has 5 aromatic rings. The number of hydrogen-bond acceptors (Lipinski definition) is 6. The highest BCUT2D eigenvalue weighted by atomic mass is 32.1. The van der Waals surface area contributed by atoms with Crippen LogP contribution in [0, 0.1) is 13.8 Å². The van der Waals surface area contributed by atoms with Crippen molar-refractivity contribution in [1.82, 2.24) is 14.6 Å². The summed E-state index contributed by atoms with van der Waals surface area (Å²) >= 11 is 1.32. The molecule has 6 nitrogen and oxygen atoms in total. The summed E-state index contributed by atoms with van der Waals surface area (Å²) in [6, 6.07) is 21.7. The Morgan fingerprint density at radius 3 is 2.53 bits per heavy atom. The monoisotopic (exact) mass is 469 g/mol. The van der Waals surface area contributed by atoms with Gasteiger partial charge in [-0.05, 0) is 48.7 Å². The van der Waals surface area contributed by atoms with E-state index in [0.717, 1.165) is 22.3 Å². The Bertz CT molecular complexity index is 1590. The molecule has 2 aromatic heterocycles. The maximum absolute atomic E-state index is 13.2. The van der Waals surface area contributed by atoms with Crippen LogP contribution in [0.3, 0.4) is 0 Å². The smallest absolute Gasteiger partial charge is 0.276 e. The molecule has 2 heterocycles. The summed E-state index contributed by atoms with van der Waals surface area (Å²) in [5.74, 6) is 1.82. The van der Waals surface area contributed by atoms with Crippen molar-refractivity contribution in [3.05, 3.63) is 104 Å². The molecule has 34 heavy (non-hydrogen) atoms. The Hall–Kier alpha value is -3.97. The minimum atomic E-state index is -0.137. The van der Waals surface area contributed by atoms with E-state index in [9.17, 15) is 4.79 Å². The zero-order chi connectivity index (χ0) is 23.7. The third-order valence-corrected chi connectivity index (χ3v) is 6.59. The fourth-order valence-corrected chi connectivity index (χ4v) is 4.66. The molecular formula is C27H23N3O3S. The van der Waals surface area contributed by atoms with Gasteiger partial charge in [0.05, 0.1) is 11.6 Å². The predicted molar refractivity (Wildman–Crippen MR) is 135 cm³/mol. The van der Waals surface area contributed by atoms with Crippen molar-refractivity contribution in [2.75, 3.05) is 7.11 Å². The van der Waals surface area contributed by atoms with Crippen LogP contribution in [-0.2, 0) is 6.61 Å². The molecule has 0 aliphatic rings. The second kappa shape index (κ2) is 9.11. The highest BCUT2D eigenvalue weighted by Gasteiger charge is 2.15. The Labute approximate surface area is 200 Å². The molecule has 0 saturated heterocycles. The van der Waals surface area contributed by atoms with E-state index in [2.05, 4.69) is 29.3 Å². The first kappa shape index (κ1) is 21.9. The van der Waals surface area contributed by atoms with Gasteiger partial charge in [-0.3, -0.25) is 4.79 Å². The summed E-state index contributed by atoms with van der Waals surface area (Å²) < 4.78 is 13.7. The van der Waals surface area contributed by atoms with Gasteiger partial charge in [0.25, 0.3) is 5.56 Å². The SMILES string of the molecule is COc1cc(/C=c2/sc3nnc(-c4ccccc4C)n3c2=O)ccc1OCc1ccc(C)cc1. The number of methoxy groups -OCH3 is 1. The van der Waals surface area contributed by atoms with Crippen LogP contribution in [0.25, 0.3) is 22.4 Å². The lowest BCUT2D eigenvalue weighted by Gasteiger charge is -2.11. The van der Waals surface area contributed by atoms with Gasteiger partial charge in [0.2, 0.25) is 4.96 Å². The largest absolute Gasteiger partial charge is 0.493 e. The first-order chi connectivity index (χ1) is 16.5. The average Bonchev–Trinajstić information content (AvgIpc) is 3.39. The second-order valence-electron chi connectivity index (χ2n) is 8.06. The highest BCUT2D eigenvalue weighted by molar-refractivity contribution is 7.15. The molecular weight excluding hydrogens is 446 g/mol. The van der Waals surface area contributed by atoms with Crippen LogP contribution in [0.5, 0.6) is 11.5 Å². The van der Waals surface area contributed by atoms with E-state index in [0.29, 0.717) is 33.4 Å². The molecule has 170 valence electrons. The molecule has 0 radical (unpaired) electrons. The van der Waals surface area contributed by atoms with Gasteiger partial charge in [-0.25, -0.2) is 4.40 Å². The van der Waals surface area contributed by atoms with Crippen LogP contribution in [-0.4, -0.2) is 21.7 Å². The van der Waals surface area contributed by atoms with Gasteiger partial charge in [0, 0.05) is 5.56 Å². The molecule has 0 saturated carbocycles. The minimum absolute atomic E-state index is 0.137. The number of thiazole rings is 1. The first-order valence-electron chi connectivity index (χ1n) is 10.9. The van der Waals surface area contributed by atoms with Gasteiger partial charge in [-0.1, -0.05) is 71.5 Å². The number of hydrogen-bond donors (Lipinski definition) is 0. The minimum Gasteiger partial charge on any atom is -0.493 e. The molecule has 7 heteroatoms. The fraction of sp³-hybridized carbons (Fsp3) is 0.148. The van der Waals surface area contributed by atoms with Crippen LogP contribution in [0.4, 0.5) is 0 Å². The third kappa shape index (κ3) is 4.18. The normalized spacial score (nSPS) is 11.8. The Balaban J connectivity index is 1.47. The van der Waals surface area contributed by atoms with E-state index < -0.39 is 0 Å². The number of rotatable bonds is 6. The predicted octanol–water partition coefficient (Wildman–Crippen LogP) is 4.57. The molecule has 0 aliphatic heterocycles. The van der Waals surface area contributed by atoms with Gasteiger partial charge in [0.1, 0.15) is 6.61 Å². The van der Waals surface area contributed by atoms with Crippen molar-refractivity contribution in [2.45, 2.75) is 20.5 Å². The molecule has 3 aromatic carbocycles. The van der Waals surface area contributed by atoms with Gasteiger partial charge in [-0.15, -0.1) is 10.2 Å². The molecule has 0 atom stereocenters. The number of benzene rings is 3. The van der Waals surface area contributed by atoms with Crippen molar-refractivity contribution in [3.63, 3.8) is 0 Å². The lowest BCUT2D eigenvalue weighted by Crippen LogP contribution is -2.23. The van der Waals surface area contributed by atoms with Gasteiger partial charge >= 0.3 is 0 Å². The van der Waals surface area contributed by atoms with E-state index in [-0.39, 0.29) is 5.56 Å². The summed E-state index contributed by atoms with van der Waals surface area (Å²) in [7, 11) is 1.61. The Kier molecular flexibility index (Phi) is 5.86. The maximum Gasteiger partial charge on any atom is 0.276 e. The van der Waals surface area contributed by atoms with E-state index in [1.807, 2.05) is 67.6 Å². The Morgan fingerprint density at radius 1 is 0.971 bits per heavy atom. The lowest BCUT2D eigenvalue weighted by atomic mass is 10.1. The van der Waals surface area contributed by atoms with Crippen LogP contribution >= 0.6 is 11.3 Å². The van der Waals surface area contributed by atoms with Crippen molar-refractivity contribution < 1.29 is 9.47 Å². The summed E-state index contributed by atoms with van der Waals surface area (Å²) in [6.07, 6.45) is 1.84. The summed E-state index contributed by atoms with van der Waals surface area (Å²) in [6.45, 7) is 4.50. The zero-order valence-corrected chi connectivity index (χ0v) is 19.9. The van der Waals surface area contributed by atoms with Gasteiger partial charge < -0.3 is 9.47 Å². The Morgan fingerprint density at radius 2 is 1.76 bits per heavy atom. The molecule has 0 bridgehead atoms. The van der Waals surface area contributed by atoms with Gasteiger partial charge in [-0.2, -0.15) is 0 Å². The highest BCUT2D eigenvalue weighted by Crippen LogP contribution is 2.29. The number of aromatic nitrogens is 3. The van der Waals surface area contributed by atoms with Crippen molar-refractivity contribution in [3.8, 4) is 22.9 Å². The molecule has 0 N–H and O–H groups in total. The van der Waals surface area contributed by atoms with Crippen molar-refractivity contribution in [2.24, 2.45) is 0 Å². The number of aryl methyl sites for hydroxylation is 2. The number of ether oxygens (including phenoxy) is 2. The van der Waals surface area contributed by atoms with E-state index in [4.69, 9.17) is 9.47 Å². The third-order valence-electron chi connectivity index (χ3n) is 5.63. The first-order valence-corrected chi connectivity index (χ1v) is 11.7. The number of fused-ring (bicyclic) bond motifs is 1. The second-order valence-corrected chi connectivity index (χ2v) is 9.07. The van der Waals surface area contributed by atoms with Gasteiger partial charge in [0.15, 0.2) is 17.3 Å². The van der Waals surface area contributed by atoms with Crippen molar-refractivity contribution in [1.29, 1.82) is 0 Å². The average molecular weight is 470 g/mol. The summed E-state index contributed by atoms with van der Waals surface area (Å²) in [5, 5.41) is 8.49. The summed E-state index contributed by atoms with van der Waals surface area (Å²) in [4.78, 5) is 13.8. The topological polar surface area (TPSA) is 65.7 Å². The molecule has 0 amide bonds. The van der Waals surface area contributed by atoms with E-state index in [1.165, 1.54) is 16.9 Å². The van der Waals surface area contributed by atoms with Crippen LogP contribution in [0.15, 0.2) is 71.5 Å². The zero-order valence-electron chi connectivity index (χ0n) is 19.1. The molecule has 0 spiro atoms. The molecule has 0 unspecified atom stereocenters. The van der Waals surface area contributed by atoms with Crippen LogP contribution < -0.4 is 19.6 Å². The molecule has 0 aliphatic carbocycles.